The average molecular weight is 275 g/mol. The Kier molecular flexibility index (Phi) is 4.07. The molecule has 2 rings (SSSR count). The number of rotatable bonds is 3. The van der Waals surface area contributed by atoms with Crippen molar-refractivity contribution < 1.29 is 4.79 Å². The Morgan fingerprint density at radius 1 is 1.21 bits per heavy atom. The third-order valence-electron chi connectivity index (χ3n) is 2.88. The summed E-state index contributed by atoms with van der Waals surface area (Å²) in [6.45, 7) is 2.52. The van der Waals surface area contributed by atoms with Crippen molar-refractivity contribution in [3.63, 3.8) is 0 Å². The van der Waals surface area contributed by atoms with E-state index >= 15 is 0 Å². The highest BCUT2D eigenvalue weighted by molar-refractivity contribution is 6.33. The zero-order valence-electron chi connectivity index (χ0n) is 10.6. The first-order valence-corrected chi connectivity index (χ1v) is 6.43. The maximum absolute atomic E-state index is 12.5. The van der Waals surface area contributed by atoms with Crippen LogP contribution in [-0.2, 0) is 0 Å². The summed E-state index contributed by atoms with van der Waals surface area (Å²) in [7, 11) is 0. The molecular formula is C15H15ClN2O. The van der Waals surface area contributed by atoms with Crippen molar-refractivity contribution in [2.45, 2.75) is 6.92 Å². The van der Waals surface area contributed by atoms with Gasteiger partial charge in [-0.05, 0) is 37.3 Å². The average Bonchev–Trinajstić information content (AvgIpc) is 2.44. The molecule has 98 valence electrons. The van der Waals surface area contributed by atoms with Gasteiger partial charge in [-0.15, -0.1) is 0 Å². The van der Waals surface area contributed by atoms with E-state index in [2.05, 4.69) is 0 Å². The SMILES string of the molecule is CCN(C(=O)c1ccc(N)c(Cl)c1)c1ccccc1. The molecule has 2 aromatic rings. The molecule has 0 aliphatic rings. The smallest absolute Gasteiger partial charge is 0.258 e. The van der Waals surface area contributed by atoms with Gasteiger partial charge in [-0.3, -0.25) is 4.79 Å². The van der Waals surface area contributed by atoms with Crippen LogP contribution in [-0.4, -0.2) is 12.5 Å². The standard InChI is InChI=1S/C15H15ClN2O/c1-2-18(12-6-4-3-5-7-12)15(19)11-8-9-14(17)13(16)10-11/h3-10H,2,17H2,1H3. The van der Waals surface area contributed by atoms with Crippen LogP contribution in [0, 0.1) is 0 Å². The molecule has 0 atom stereocenters. The first-order chi connectivity index (χ1) is 9.13. The Balaban J connectivity index is 2.33. The van der Waals surface area contributed by atoms with E-state index in [0.29, 0.717) is 22.8 Å². The van der Waals surface area contributed by atoms with Crippen molar-refractivity contribution in [1.82, 2.24) is 0 Å². The summed E-state index contributed by atoms with van der Waals surface area (Å²) in [6, 6.07) is 14.5. The number of benzene rings is 2. The largest absolute Gasteiger partial charge is 0.398 e. The summed E-state index contributed by atoms with van der Waals surface area (Å²) in [5, 5.41) is 0.398. The lowest BCUT2D eigenvalue weighted by molar-refractivity contribution is 0.0988. The first-order valence-electron chi connectivity index (χ1n) is 6.05. The van der Waals surface area contributed by atoms with E-state index in [1.807, 2.05) is 37.3 Å². The summed E-state index contributed by atoms with van der Waals surface area (Å²) in [4.78, 5) is 14.2. The van der Waals surface area contributed by atoms with Gasteiger partial charge in [0.2, 0.25) is 0 Å². The number of carbonyl (C=O) groups is 1. The Bertz CT molecular complexity index is 584. The number of carbonyl (C=O) groups excluding carboxylic acids is 1. The molecule has 0 saturated carbocycles. The third-order valence-corrected chi connectivity index (χ3v) is 3.20. The lowest BCUT2D eigenvalue weighted by Gasteiger charge is -2.21. The number of amides is 1. The van der Waals surface area contributed by atoms with Crippen LogP contribution < -0.4 is 10.6 Å². The van der Waals surface area contributed by atoms with E-state index in [1.165, 1.54) is 0 Å². The van der Waals surface area contributed by atoms with Crippen LogP contribution in [0.1, 0.15) is 17.3 Å². The Labute approximate surface area is 117 Å². The second-order valence-corrected chi connectivity index (χ2v) is 4.53. The van der Waals surface area contributed by atoms with Crippen LogP contribution in [0.5, 0.6) is 0 Å². The van der Waals surface area contributed by atoms with Gasteiger partial charge in [0.25, 0.3) is 5.91 Å². The van der Waals surface area contributed by atoms with Crippen LogP contribution in [0.25, 0.3) is 0 Å². The summed E-state index contributed by atoms with van der Waals surface area (Å²) < 4.78 is 0. The summed E-state index contributed by atoms with van der Waals surface area (Å²) in [6.07, 6.45) is 0. The molecule has 0 heterocycles. The van der Waals surface area contributed by atoms with Gasteiger partial charge in [0.15, 0.2) is 0 Å². The minimum Gasteiger partial charge on any atom is -0.398 e. The number of hydrogen-bond acceptors (Lipinski definition) is 2. The predicted octanol–water partition coefficient (Wildman–Crippen LogP) is 3.59. The van der Waals surface area contributed by atoms with Gasteiger partial charge < -0.3 is 10.6 Å². The molecule has 0 bridgehead atoms. The topological polar surface area (TPSA) is 46.3 Å². The predicted molar refractivity (Wildman–Crippen MR) is 79.7 cm³/mol. The molecule has 0 aliphatic carbocycles. The number of para-hydroxylation sites is 1. The molecule has 19 heavy (non-hydrogen) atoms. The van der Waals surface area contributed by atoms with Gasteiger partial charge in [-0.1, -0.05) is 29.8 Å². The molecule has 2 N–H and O–H groups in total. The Hall–Kier alpha value is -2.00. The molecule has 0 fully saturated rings. The van der Waals surface area contributed by atoms with Crippen molar-refractivity contribution in [1.29, 1.82) is 0 Å². The van der Waals surface area contributed by atoms with Crippen LogP contribution in [0.4, 0.5) is 11.4 Å². The van der Waals surface area contributed by atoms with Crippen LogP contribution in [0.3, 0.4) is 0 Å². The molecular weight excluding hydrogens is 260 g/mol. The van der Waals surface area contributed by atoms with Gasteiger partial charge in [0, 0.05) is 17.8 Å². The molecule has 1 amide bonds. The normalized spacial score (nSPS) is 10.2. The quantitative estimate of drug-likeness (QED) is 0.870. The van der Waals surface area contributed by atoms with Crippen molar-refractivity contribution in [2.75, 3.05) is 17.2 Å². The van der Waals surface area contributed by atoms with Crippen molar-refractivity contribution in [2.24, 2.45) is 0 Å². The zero-order chi connectivity index (χ0) is 13.8. The molecule has 0 aromatic heterocycles. The molecule has 2 aromatic carbocycles. The van der Waals surface area contributed by atoms with Crippen molar-refractivity contribution in [3.05, 3.63) is 59.1 Å². The minimum atomic E-state index is -0.0874. The maximum atomic E-state index is 12.5. The fourth-order valence-electron chi connectivity index (χ4n) is 1.87. The number of nitrogens with two attached hydrogens (primary N) is 1. The Morgan fingerprint density at radius 2 is 1.89 bits per heavy atom. The number of nitrogens with zero attached hydrogens (tertiary/aromatic N) is 1. The van der Waals surface area contributed by atoms with Crippen molar-refractivity contribution in [3.8, 4) is 0 Å². The monoisotopic (exact) mass is 274 g/mol. The second-order valence-electron chi connectivity index (χ2n) is 4.12. The molecule has 0 saturated heterocycles. The third kappa shape index (κ3) is 2.88. The molecule has 4 heteroatoms. The maximum Gasteiger partial charge on any atom is 0.258 e. The molecule has 0 unspecified atom stereocenters. The van der Waals surface area contributed by atoms with Crippen LogP contribution in [0.2, 0.25) is 5.02 Å². The molecule has 3 nitrogen and oxygen atoms in total. The van der Waals surface area contributed by atoms with Crippen LogP contribution in [0.15, 0.2) is 48.5 Å². The van der Waals surface area contributed by atoms with E-state index in [-0.39, 0.29) is 5.91 Å². The lowest BCUT2D eigenvalue weighted by Crippen LogP contribution is -2.30. The van der Waals surface area contributed by atoms with E-state index in [4.69, 9.17) is 17.3 Å². The van der Waals surface area contributed by atoms with Gasteiger partial charge >= 0.3 is 0 Å². The highest BCUT2D eigenvalue weighted by atomic mass is 35.5. The highest BCUT2D eigenvalue weighted by Gasteiger charge is 2.16. The summed E-state index contributed by atoms with van der Waals surface area (Å²) in [5.41, 5.74) is 7.52. The number of nitrogen functional groups attached to an aromatic ring is 1. The van der Waals surface area contributed by atoms with E-state index in [1.54, 1.807) is 23.1 Å². The summed E-state index contributed by atoms with van der Waals surface area (Å²) in [5.74, 6) is -0.0874. The van der Waals surface area contributed by atoms with E-state index < -0.39 is 0 Å². The Morgan fingerprint density at radius 3 is 2.47 bits per heavy atom. The number of anilines is 2. The minimum absolute atomic E-state index is 0.0874. The van der Waals surface area contributed by atoms with Crippen LogP contribution >= 0.6 is 11.6 Å². The fraction of sp³-hybridized carbons (Fsp3) is 0.133. The number of halogens is 1. The van der Waals surface area contributed by atoms with Gasteiger partial charge in [0.05, 0.1) is 10.7 Å². The second kappa shape index (κ2) is 5.76. The van der Waals surface area contributed by atoms with E-state index in [9.17, 15) is 4.79 Å². The molecule has 0 radical (unpaired) electrons. The first kappa shape index (κ1) is 13.4. The van der Waals surface area contributed by atoms with E-state index in [0.717, 1.165) is 5.69 Å². The lowest BCUT2D eigenvalue weighted by atomic mass is 10.1. The van der Waals surface area contributed by atoms with Crippen molar-refractivity contribution >= 4 is 28.9 Å². The highest BCUT2D eigenvalue weighted by Crippen LogP contribution is 2.22. The molecule has 0 spiro atoms. The van der Waals surface area contributed by atoms with Gasteiger partial charge in [0.1, 0.15) is 0 Å². The summed E-state index contributed by atoms with van der Waals surface area (Å²) >= 11 is 5.96. The van der Waals surface area contributed by atoms with Gasteiger partial charge in [-0.25, -0.2) is 0 Å². The number of hydrogen-bond donors (Lipinski definition) is 1. The fourth-order valence-corrected chi connectivity index (χ4v) is 2.05. The molecule has 0 aliphatic heterocycles. The zero-order valence-corrected chi connectivity index (χ0v) is 11.4. The van der Waals surface area contributed by atoms with Gasteiger partial charge in [-0.2, -0.15) is 0 Å².